The van der Waals surface area contributed by atoms with Crippen molar-refractivity contribution >= 4 is 11.0 Å². The number of hydrogen-bond donors (Lipinski definition) is 1. The minimum Gasteiger partial charge on any atom is -0.396 e. The van der Waals surface area contributed by atoms with Crippen molar-refractivity contribution in [2.45, 2.75) is 37.9 Å². The highest BCUT2D eigenvalue weighted by Gasteiger charge is 2.33. The zero-order valence-electron chi connectivity index (χ0n) is 15.5. The number of rotatable bonds is 5. The van der Waals surface area contributed by atoms with Crippen LogP contribution < -0.4 is 0 Å². The van der Waals surface area contributed by atoms with Crippen molar-refractivity contribution in [2.75, 3.05) is 46.4 Å². The highest BCUT2D eigenvalue weighted by atomic mass is 16.6. The van der Waals surface area contributed by atoms with Crippen molar-refractivity contribution in [3.8, 4) is 0 Å². The van der Waals surface area contributed by atoms with Gasteiger partial charge in [0, 0.05) is 44.9 Å². The molecule has 0 aliphatic carbocycles. The van der Waals surface area contributed by atoms with Crippen LogP contribution in [0.2, 0.25) is 0 Å². The van der Waals surface area contributed by atoms with Gasteiger partial charge in [0.25, 0.3) is 0 Å². The summed E-state index contributed by atoms with van der Waals surface area (Å²) in [5, 5.41) is 17.4. The Kier molecular flexibility index (Phi) is 5.49. The molecule has 142 valence electrons. The average molecular weight is 359 g/mol. The van der Waals surface area contributed by atoms with Crippen LogP contribution in [0.15, 0.2) is 22.8 Å². The van der Waals surface area contributed by atoms with Gasteiger partial charge in [-0.3, -0.25) is 9.80 Å². The summed E-state index contributed by atoms with van der Waals surface area (Å²) in [5.74, 6) is 0. The second-order valence-electron chi connectivity index (χ2n) is 7.76. The molecule has 0 bridgehead atoms. The molecule has 2 aliphatic heterocycles. The van der Waals surface area contributed by atoms with Crippen LogP contribution in [0.1, 0.15) is 24.8 Å². The van der Waals surface area contributed by atoms with Gasteiger partial charge in [-0.05, 0) is 67.4 Å². The highest BCUT2D eigenvalue weighted by Crippen LogP contribution is 2.24. The lowest BCUT2D eigenvalue weighted by Gasteiger charge is -2.47. The van der Waals surface area contributed by atoms with E-state index in [9.17, 15) is 5.11 Å². The molecule has 1 atom stereocenters. The third kappa shape index (κ3) is 3.91. The van der Waals surface area contributed by atoms with Crippen molar-refractivity contribution in [3.63, 3.8) is 0 Å². The van der Waals surface area contributed by atoms with E-state index in [0.29, 0.717) is 12.1 Å². The third-order valence-corrected chi connectivity index (χ3v) is 5.96. The Morgan fingerprint density at radius 2 is 1.92 bits per heavy atom. The Hall–Kier alpha value is -1.54. The number of aliphatic hydroxyl groups excluding tert-OH is 1. The number of benzene rings is 1. The predicted molar refractivity (Wildman–Crippen MR) is 99.8 cm³/mol. The Bertz CT molecular complexity index is 713. The van der Waals surface area contributed by atoms with E-state index in [4.69, 9.17) is 4.63 Å². The minimum absolute atomic E-state index is 0.262. The SMILES string of the molecule is CN1CCC(N2CCN(Cc3ccc4nonc4c3)CC2CCO)CC1. The molecule has 7 heteroatoms. The Labute approximate surface area is 154 Å². The Morgan fingerprint density at radius 3 is 2.73 bits per heavy atom. The van der Waals surface area contributed by atoms with Crippen LogP contribution in [-0.4, -0.2) is 88.6 Å². The van der Waals surface area contributed by atoms with Crippen molar-refractivity contribution in [2.24, 2.45) is 0 Å². The van der Waals surface area contributed by atoms with Crippen LogP contribution in [-0.2, 0) is 6.54 Å². The first-order valence-electron chi connectivity index (χ1n) is 9.71. The molecule has 0 saturated carbocycles. The maximum absolute atomic E-state index is 9.57. The number of piperazine rings is 1. The van der Waals surface area contributed by atoms with Gasteiger partial charge in [-0.2, -0.15) is 0 Å². The quantitative estimate of drug-likeness (QED) is 0.860. The van der Waals surface area contributed by atoms with Crippen molar-refractivity contribution in [3.05, 3.63) is 23.8 Å². The number of aliphatic hydroxyl groups is 1. The number of piperidine rings is 1. The molecule has 2 aliphatic rings. The maximum atomic E-state index is 9.57. The van der Waals surface area contributed by atoms with Crippen LogP contribution in [0, 0.1) is 0 Å². The molecular formula is C19H29N5O2. The predicted octanol–water partition coefficient (Wildman–Crippen LogP) is 1.19. The topological polar surface area (TPSA) is 68.9 Å². The minimum atomic E-state index is 0.262. The van der Waals surface area contributed by atoms with E-state index in [1.54, 1.807) is 0 Å². The number of likely N-dealkylation sites (tertiary alicyclic amines) is 1. The van der Waals surface area contributed by atoms with Gasteiger partial charge in [0.15, 0.2) is 0 Å². The normalized spacial score (nSPS) is 24.5. The molecule has 2 fully saturated rings. The molecule has 7 nitrogen and oxygen atoms in total. The number of fused-ring (bicyclic) bond motifs is 1. The van der Waals surface area contributed by atoms with E-state index in [2.05, 4.69) is 44.2 Å². The van der Waals surface area contributed by atoms with Crippen molar-refractivity contribution in [1.82, 2.24) is 25.0 Å². The van der Waals surface area contributed by atoms with E-state index < -0.39 is 0 Å². The van der Waals surface area contributed by atoms with Crippen LogP contribution in [0.25, 0.3) is 11.0 Å². The standard InChI is InChI=1S/C19H29N5O2/c1-22-7-4-16(5-8-22)24-10-9-23(14-17(24)6-11-25)13-15-2-3-18-19(12-15)21-26-20-18/h2-3,12,16-17,25H,4-11,13-14H2,1H3. The van der Waals surface area contributed by atoms with Gasteiger partial charge in [0.1, 0.15) is 11.0 Å². The largest absolute Gasteiger partial charge is 0.396 e. The average Bonchev–Trinajstić information content (AvgIpc) is 3.11. The summed E-state index contributed by atoms with van der Waals surface area (Å²) >= 11 is 0. The van der Waals surface area contributed by atoms with Crippen LogP contribution in [0.5, 0.6) is 0 Å². The van der Waals surface area contributed by atoms with Crippen LogP contribution in [0.3, 0.4) is 0 Å². The zero-order chi connectivity index (χ0) is 17.9. The van der Waals surface area contributed by atoms with E-state index in [1.807, 2.05) is 6.07 Å². The molecule has 2 aromatic rings. The third-order valence-electron chi connectivity index (χ3n) is 5.96. The first kappa shape index (κ1) is 17.9. The monoisotopic (exact) mass is 359 g/mol. The lowest BCUT2D eigenvalue weighted by Crippen LogP contribution is -2.58. The number of nitrogens with zero attached hydrogens (tertiary/aromatic N) is 5. The molecule has 4 rings (SSSR count). The molecule has 26 heavy (non-hydrogen) atoms. The Morgan fingerprint density at radius 1 is 1.12 bits per heavy atom. The van der Waals surface area contributed by atoms with Gasteiger partial charge in [0.05, 0.1) is 0 Å². The van der Waals surface area contributed by atoms with Crippen molar-refractivity contribution in [1.29, 1.82) is 0 Å². The fraction of sp³-hybridized carbons (Fsp3) is 0.684. The molecule has 1 aromatic carbocycles. The second-order valence-corrected chi connectivity index (χ2v) is 7.76. The number of hydrogen-bond acceptors (Lipinski definition) is 7. The van der Waals surface area contributed by atoms with Crippen LogP contribution >= 0.6 is 0 Å². The van der Waals surface area contributed by atoms with E-state index in [1.165, 1.54) is 31.5 Å². The summed E-state index contributed by atoms with van der Waals surface area (Å²) in [6.07, 6.45) is 3.34. The van der Waals surface area contributed by atoms with Gasteiger partial charge in [0.2, 0.25) is 0 Å². The first-order valence-corrected chi connectivity index (χ1v) is 9.71. The molecule has 1 N–H and O–H groups in total. The smallest absolute Gasteiger partial charge is 0.135 e. The van der Waals surface area contributed by atoms with Gasteiger partial charge in [-0.15, -0.1) is 0 Å². The summed E-state index contributed by atoms with van der Waals surface area (Å²) in [7, 11) is 2.21. The molecule has 1 aromatic heterocycles. The molecule has 1 unspecified atom stereocenters. The van der Waals surface area contributed by atoms with Gasteiger partial charge < -0.3 is 10.0 Å². The van der Waals surface area contributed by atoms with E-state index in [0.717, 1.165) is 43.6 Å². The summed E-state index contributed by atoms with van der Waals surface area (Å²) in [6, 6.07) is 7.26. The number of aromatic nitrogens is 2. The van der Waals surface area contributed by atoms with Gasteiger partial charge in [-0.1, -0.05) is 6.07 Å². The molecule has 3 heterocycles. The second kappa shape index (κ2) is 8.00. The van der Waals surface area contributed by atoms with Gasteiger partial charge in [-0.25, -0.2) is 4.63 Å². The summed E-state index contributed by atoms with van der Waals surface area (Å²) in [4.78, 5) is 7.59. The molecule has 0 spiro atoms. The van der Waals surface area contributed by atoms with Crippen molar-refractivity contribution < 1.29 is 9.74 Å². The summed E-state index contributed by atoms with van der Waals surface area (Å²) in [6.45, 7) is 6.72. The van der Waals surface area contributed by atoms with E-state index >= 15 is 0 Å². The van der Waals surface area contributed by atoms with Gasteiger partial charge >= 0.3 is 0 Å². The molecule has 2 saturated heterocycles. The fourth-order valence-corrected chi connectivity index (χ4v) is 4.47. The zero-order valence-corrected chi connectivity index (χ0v) is 15.5. The molecule has 0 radical (unpaired) electrons. The molecule has 0 amide bonds. The van der Waals surface area contributed by atoms with Crippen LogP contribution in [0.4, 0.5) is 0 Å². The molecular weight excluding hydrogens is 330 g/mol. The lowest BCUT2D eigenvalue weighted by molar-refractivity contribution is 0.00601. The summed E-state index contributed by atoms with van der Waals surface area (Å²) < 4.78 is 4.80. The fourth-order valence-electron chi connectivity index (χ4n) is 4.47. The Balaban J connectivity index is 1.40. The highest BCUT2D eigenvalue weighted by molar-refractivity contribution is 5.73. The maximum Gasteiger partial charge on any atom is 0.135 e. The van der Waals surface area contributed by atoms with E-state index in [-0.39, 0.29) is 6.61 Å². The first-order chi connectivity index (χ1) is 12.7. The lowest BCUT2D eigenvalue weighted by atomic mass is 9.98. The summed E-state index contributed by atoms with van der Waals surface area (Å²) in [5.41, 5.74) is 2.86.